The molecule has 3 aromatic rings. The molecule has 0 fully saturated rings. The van der Waals surface area contributed by atoms with Crippen LogP contribution in [0.2, 0.25) is 0 Å². The fourth-order valence-electron chi connectivity index (χ4n) is 2.53. The van der Waals surface area contributed by atoms with E-state index in [-0.39, 0.29) is 28.3 Å². The average molecular weight is 276 g/mol. The highest BCUT2D eigenvalue weighted by molar-refractivity contribution is 6.28. The zero-order chi connectivity index (χ0) is 14.6. The Morgan fingerprint density at radius 1 is 0.762 bits per heavy atom. The molecule has 0 saturated heterocycles. The summed E-state index contributed by atoms with van der Waals surface area (Å²) in [4.78, 5) is 33.5. The summed E-state index contributed by atoms with van der Waals surface area (Å²) in [6, 6.07) is 11.4. The van der Waals surface area contributed by atoms with Crippen molar-refractivity contribution >= 4 is 22.6 Å². The molecule has 1 aliphatic rings. The Bertz CT molecular complexity index is 947. The van der Waals surface area contributed by atoms with Gasteiger partial charge in [0.2, 0.25) is 11.6 Å². The van der Waals surface area contributed by atoms with Crippen LogP contribution in [0.3, 0.4) is 0 Å². The Labute approximate surface area is 118 Å². The summed E-state index contributed by atoms with van der Waals surface area (Å²) in [5.74, 6) is -1.09. The molecule has 0 amide bonds. The minimum Gasteiger partial charge on any atom is -0.507 e. The number of para-hydroxylation sites is 2. The van der Waals surface area contributed by atoms with Gasteiger partial charge in [0.25, 0.3) is 0 Å². The molecule has 1 heterocycles. The van der Waals surface area contributed by atoms with E-state index in [1.807, 2.05) is 0 Å². The van der Waals surface area contributed by atoms with Gasteiger partial charge in [-0.2, -0.15) is 0 Å². The van der Waals surface area contributed by atoms with Gasteiger partial charge in [-0.05, 0) is 24.3 Å². The predicted molar refractivity (Wildman–Crippen MR) is 74.5 cm³/mol. The van der Waals surface area contributed by atoms with Crippen LogP contribution in [-0.4, -0.2) is 26.6 Å². The summed E-state index contributed by atoms with van der Waals surface area (Å²) < 4.78 is 0. The molecular formula is C16H8N2O3. The molecule has 4 rings (SSSR count). The SMILES string of the molecule is O=C1c2cccc(O)c2C(=O)c2nc3ccccc3nc21. The third-order valence-electron chi connectivity index (χ3n) is 3.51. The molecule has 2 aromatic carbocycles. The number of aromatic hydroxyl groups is 1. The monoisotopic (exact) mass is 276 g/mol. The quantitative estimate of drug-likeness (QED) is 0.532. The first-order valence-electron chi connectivity index (χ1n) is 6.35. The Hall–Kier alpha value is -3.08. The smallest absolute Gasteiger partial charge is 0.218 e. The molecule has 5 heteroatoms. The summed E-state index contributed by atoms with van der Waals surface area (Å²) in [6.07, 6.45) is 0. The molecule has 21 heavy (non-hydrogen) atoms. The molecule has 0 atom stereocenters. The van der Waals surface area contributed by atoms with Crippen molar-refractivity contribution in [2.45, 2.75) is 0 Å². The fourth-order valence-corrected chi connectivity index (χ4v) is 2.53. The zero-order valence-corrected chi connectivity index (χ0v) is 10.7. The van der Waals surface area contributed by atoms with Gasteiger partial charge in [-0.3, -0.25) is 9.59 Å². The molecule has 0 unspecified atom stereocenters. The molecule has 1 aliphatic carbocycles. The van der Waals surface area contributed by atoms with Crippen molar-refractivity contribution in [1.29, 1.82) is 0 Å². The topological polar surface area (TPSA) is 80.1 Å². The lowest BCUT2D eigenvalue weighted by Gasteiger charge is -2.17. The Morgan fingerprint density at radius 3 is 2.05 bits per heavy atom. The summed E-state index contributed by atoms with van der Waals surface area (Å²) in [5.41, 5.74) is 1.29. The Kier molecular flexibility index (Phi) is 2.21. The maximum atomic E-state index is 12.5. The Morgan fingerprint density at radius 2 is 1.38 bits per heavy atom. The second-order valence-corrected chi connectivity index (χ2v) is 4.77. The number of ketones is 2. The van der Waals surface area contributed by atoms with Crippen molar-refractivity contribution in [3.8, 4) is 5.75 Å². The van der Waals surface area contributed by atoms with E-state index in [4.69, 9.17) is 0 Å². The van der Waals surface area contributed by atoms with Crippen LogP contribution in [-0.2, 0) is 0 Å². The second-order valence-electron chi connectivity index (χ2n) is 4.77. The first-order valence-corrected chi connectivity index (χ1v) is 6.35. The number of fused-ring (bicyclic) bond motifs is 3. The number of phenols is 1. The average Bonchev–Trinajstić information content (AvgIpc) is 2.51. The van der Waals surface area contributed by atoms with Gasteiger partial charge in [-0.1, -0.05) is 18.2 Å². The molecular weight excluding hydrogens is 268 g/mol. The third kappa shape index (κ3) is 1.51. The zero-order valence-electron chi connectivity index (χ0n) is 10.7. The van der Waals surface area contributed by atoms with E-state index in [0.717, 1.165) is 0 Å². The van der Waals surface area contributed by atoms with E-state index in [1.165, 1.54) is 18.2 Å². The van der Waals surface area contributed by atoms with Crippen LogP contribution < -0.4 is 0 Å². The van der Waals surface area contributed by atoms with E-state index < -0.39 is 11.6 Å². The van der Waals surface area contributed by atoms with E-state index in [2.05, 4.69) is 9.97 Å². The number of carbonyl (C=O) groups is 2. The molecule has 0 radical (unpaired) electrons. The number of rotatable bonds is 0. The van der Waals surface area contributed by atoms with E-state index in [1.54, 1.807) is 24.3 Å². The van der Waals surface area contributed by atoms with Crippen LogP contribution in [0, 0.1) is 0 Å². The minimum atomic E-state index is -0.476. The third-order valence-corrected chi connectivity index (χ3v) is 3.51. The van der Waals surface area contributed by atoms with Crippen molar-refractivity contribution in [2.24, 2.45) is 0 Å². The van der Waals surface area contributed by atoms with Crippen molar-refractivity contribution in [1.82, 2.24) is 9.97 Å². The maximum Gasteiger partial charge on any atom is 0.218 e. The maximum absolute atomic E-state index is 12.5. The van der Waals surface area contributed by atoms with Gasteiger partial charge in [-0.25, -0.2) is 9.97 Å². The summed E-state index contributed by atoms with van der Waals surface area (Å²) >= 11 is 0. The molecule has 0 spiro atoms. The minimum absolute atomic E-state index is 0.000388. The van der Waals surface area contributed by atoms with Gasteiger partial charge < -0.3 is 5.11 Å². The van der Waals surface area contributed by atoms with Crippen LogP contribution in [0.4, 0.5) is 0 Å². The van der Waals surface area contributed by atoms with Gasteiger partial charge in [-0.15, -0.1) is 0 Å². The number of hydrogen-bond donors (Lipinski definition) is 1. The van der Waals surface area contributed by atoms with Crippen molar-refractivity contribution in [3.05, 3.63) is 65.0 Å². The van der Waals surface area contributed by atoms with E-state index >= 15 is 0 Å². The number of aromatic nitrogens is 2. The van der Waals surface area contributed by atoms with Crippen molar-refractivity contribution in [3.63, 3.8) is 0 Å². The van der Waals surface area contributed by atoms with Gasteiger partial charge in [0.05, 0.1) is 16.6 Å². The van der Waals surface area contributed by atoms with E-state index in [0.29, 0.717) is 11.0 Å². The van der Waals surface area contributed by atoms with Crippen LogP contribution in [0.1, 0.15) is 32.1 Å². The second kappa shape index (κ2) is 3.96. The number of phenolic OH excluding ortho intramolecular Hbond substituents is 1. The molecule has 1 aromatic heterocycles. The lowest BCUT2D eigenvalue weighted by Crippen LogP contribution is -2.24. The summed E-state index contributed by atoms with van der Waals surface area (Å²) in [7, 11) is 0. The lowest BCUT2D eigenvalue weighted by atomic mass is 9.89. The van der Waals surface area contributed by atoms with Crippen LogP contribution in [0.5, 0.6) is 5.75 Å². The van der Waals surface area contributed by atoms with Gasteiger partial charge in [0, 0.05) is 5.56 Å². The first kappa shape index (κ1) is 11.7. The number of carbonyl (C=O) groups excluding carboxylic acids is 2. The van der Waals surface area contributed by atoms with Gasteiger partial charge in [0.1, 0.15) is 17.1 Å². The Balaban J connectivity index is 2.09. The molecule has 5 nitrogen and oxygen atoms in total. The largest absolute Gasteiger partial charge is 0.507 e. The van der Waals surface area contributed by atoms with Crippen LogP contribution in [0.25, 0.3) is 11.0 Å². The highest BCUT2D eigenvalue weighted by atomic mass is 16.3. The highest BCUT2D eigenvalue weighted by Crippen LogP contribution is 2.31. The first-order chi connectivity index (χ1) is 10.2. The highest BCUT2D eigenvalue weighted by Gasteiger charge is 2.34. The summed E-state index contributed by atoms with van der Waals surface area (Å²) in [5, 5.41) is 9.86. The van der Waals surface area contributed by atoms with E-state index in [9.17, 15) is 14.7 Å². The number of hydrogen-bond acceptors (Lipinski definition) is 5. The van der Waals surface area contributed by atoms with Gasteiger partial charge in [0.15, 0.2) is 0 Å². The van der Waals surface area contributed by atoms with Crippen molar-refractivity contribution in [2.75, 3.05) is 0 Å². The standard InChI is InChI=1S/C16H8N2O3/c19-11-7-3-4-8-12(11)16(21)14-13(15(8)20)17-9-5-1-2-6-10(9)18-14/h1-7,19H. The normalized spacial score (nSPS) is 13.1. The van der Waals surface area contributed by atoms with Crippen LogP contribution in [0.15, 0.2) is 42.5 Å². The number of benzene rings is 2. The molecule has 100 valence electrons. The molecule has 0 bridgehead atoms. The fraction of sp³-hybridized carbons (Fsp3) is 0. The molecule has 0 saturated carbocycles. The molecule has 0 aliphatic heterocycles. The van der Waals surface area contributed by atoms with Crippen molar-refractivity contribution < 1.29 is 14.7 Å². The number of nitrogens with zero attached hydrogens (tertiary/aromatic N) is 2. The predicted octanol–water partition coefficient (Wildman–Crippen LogP) is 2.11. The summed E-state index contributed by atoms with van der Waals surface area (Å²) in [6.45, 7) is 0. The lowest BCUT2D eigenvalue weighted by molar-refractivity contribution is 0.0969. The van der Waals surface area contributed by atoms with Crippen LogP contribution >= 0.6 is 0 Å². The molecule has 1 N–H and O–H groups in total. The van der Waals surface area contributed by atoms with Gasteiger partial charge >= 0.3 is 0 Å².